The number of aryl methyl sites for hydroxylation is 3. The fourth-order valence-corrected chi connectivity index (χ4v) is 2.06. The van der Waals surface area contributed by atoms with E-state index >= 15 is 0 Å². The summed E-state index contributed by atoms with van der Waals surface area (Å²) in [6.07, 6.45) is 1.89. The lowest BCUT2D eigenvalue weighted by Crippen LogP contribution is -1.96. The van der Waals surface area contributed by atoms with E-state index in [1.165, 1.54) is 27.8 Å². The molecule has 2 rings (SSSR count). The number of benzene rings is 1. The third-order valence-corrected chi connectivity index (χ3v) is 3.33. The van der Waals surface area contributed by atoms with Crippen LogP contribution in [0.4, 0.5) is 0 Å². The van der Waals surface area contributed by atoms with E-state index < -0.39 is 0 Å². The fourth-order valence-electron chi connectivity index (χ4n) is 2.06. The molecular formula is C12H16N2. The van der Waals surface area contributed by atoms with E-state index in [1.807, 2.05) is 6.33 Å². The smallest absolute Gasteiger partial charge is 0.0955 e. The van der Waals surface area contributed by atoms with Gasteiger partial charge >= 0.3 is 0 Å². The molecule has 0 radical (unpaired) electrons. The second-order valence-electron chi connectivity index (χ2n) is 4.05. The van der Waals surface area contributed by atoms with Crippen LogP contribution in [-0.4, -0.2) is 9.55 Å². The number of rotatable bonds is 0. The average molecular weight is 188 g/mol. The molecule has 0 spiro atoms. The van der Waals surface area contributed by atoms with Gasteiger partial charge in [-0.2, -0.15) is 0 Å². The lowest BCUT2D eigenvalue weighted by Gasteiger charge is -2.10. The van der Waals surface area contributed by atoms with E-state index in [9.17, 15) is 0 Å². The van der Waals surface area contributed by atoms with Crippen molar-refractivity contribution in [1.29, 1.82) is 0 Å². The summed E-state index contributed by atoms with van der Waals surface area (Å²) in [6.45, 7) is 8.68. The van der Waals surface area contributed by atoms with E-state index in [0.29, 0.717) is 0 Å². The van der Waals surface area contributed by atoms with Gasteiger partial charge in [-0.1, -0.05) is 0 Å². The summed E-state index contributed by atoms with van der Waals surface area (Å²) in [4.78, 5) is 4.44. The molecule has 74 valence electrons. The third-order valence-electron chi connectivity index (χ3n) is 3.33. The Hall–Kier alpha value is -1.31. The molecule has 0 saturated heterocycles. The van der Waals surface area contributed by atoms with Crippen molar-refractivity contribution in [3.63, 3.8) is 0 Å². The molecule has 0 N–H and O–H groups in total. The Labute approximate surface area is 84.6 Å². The first-order chi connectivity index (χ1) is 6.54. The summed E-state index contributed by atoms with van der Waals surface area (Å²) in [5.74, 6) is 0. The normalized spacial score (nSPS) is 11.2. The quantitative estimate of drug-likeness (QED) is 0.621. The molecule has 0 bridgehead atoms. The van der Waals surface area contributed by atoms with Crippen molar-refractivity contribution < 1.29 is 0 Å². The van der Waals surface area contributed by atoms with Crippen molar-refractivity contribution >= 4 is 11.0 Å². The van der Waals surface area contributed by atoms with E-state index in [0.717, 1.165) is 5.52 Å². The zero-order valence-corrected chi connectivity index (χ0v) is 9.47. The fraction of sp³-hybridized carbons (Fsp3) is 0.417. The van der Waals surface area contributed by atoms with Gasteiger partial charge in [0, 0.05) is 7.05 Å². The Morgan fingerprint density at radius 1 is 0.929 bits per heavy atom. The first-order valence-electron chi connectivity index (χ1n) is 4.91. The minimum absolute atomic E-state index is 1.15. The van der Waals surface area contributed by atoms with Crippen LogP contribution in [0.3, 0.4) is 0 Å². The topological polar surface area (TPSA) is 17.8 Å². The van der Waals surface area contributed by atoms with E-state index in [4.69, 9.17) is 0 Å². The maximum Gasteiger partial charge on any atom is 0.0955 e. The summed E-state index contributed by atoms with van der Waals surface area (Å²) in [7, 11) is 2.05. The molecule has 0 atom stereocenters. The van der Waals surface area contributed by atoms with Crippen LogP contribution in [0, 0.1) is 27.7 Å². The van der Waals surface area contributed by atoms with Gasteiger partial charge in [-0.3, -0.25) is 0 Å². The summed E-state index contributed by atoms with van der Waals surface area (Å²) in [5, 5.41) is 0. The van der Waals surface area contributed by atoms with Crippen molar-refractivity contribution in [2.45, 2.75) is 27.7 Å². The number of hydrogen-bond acceptors (Lipinski definition) is 1. The molecule has 0 aliphatic rings. The average Bonchev–Trinajstić information content (AvgIpc) is 2.54. The molecule has 1 heterocycles. The van der Waals surface area contributed by atoms with Crippen LogP contribution in [-0.2, 0) is 7.05 Å². The van der Waals surface area contributed by atoms with Crippen LogP contribution >= 0.6 is 0 Å². The molecule has 0 aliphatic carbocycles. The number of hydrogen-bond donors (Lipinski definition) is 0. The SMILES string of the molecule is Cc1c(C)c(C)c2c(ncn2C)c1C. The molecule has 0 unspecified atom stereocenters. The second kappa shape index (κ2) is 2.84. The van der Waals surface area contributed by atoms with Gasteiger partial charge in [-0.15, -0.1) is 0 Å². The molecule has 2 nitrogen and oxygen atoms in total. The van der Waals surface area contributed by atoms with Gasteiger partial charge in [0.15, 0.2) is 0 Å². The molecule has 2 aromatic rings. The van der Waals surface area contributed by atoms with Crippen LogP contribution in [0.5, 0.6) is 0 Å². The van der Waals surface area contributed by atoms with Gasteiger partial charge in [0.25, 0.3) is 0 Å². The Morgan fingerprint density at radius 2 is 1.50 bits per heavy atom. The van der Waals surface area contributed by atoms with Gasteiger partial charge in [0.1, 0.15) is 0 Å². The maximum atomic E-state index is 4.44. The van der Waals surface area contributed by atoms with Crippen molar-refractivity contribution in [3.05, 3.63) is 28.6 Å². The molecule has 0 saturated carbocycles. The predicted octanol–water partition coefficient (Wildman–Crippen LogP) is 2.81. The molecule has 0 aliphatic heterocycles. The second-order valence-corrected chi connectivity index (χ2v) is 4.05. The predicted molar refractivity (Wildman–Crippen MR) is 59.7 cm³/mol. The highest BCUT2D eigenvalue weighted by molar-refractivity contribution is 5.84. The number of imidazole rings is 1. The lowest BCUT2D eigenvalue weighted by atomic mass is 9.97. The minimum atomic E-state index is 1.15. The van der Waals surface area contributed by atoms with Crippen molar-refractivity contribution in [1.82, 2.24) is 9.55 Å². The Morgan fingerprint density at radius 3 is 2.14 bits per heavy atom. The third kappa shape index (κ3) is 0.999. The van der Waals surface area contributed by atoms with Crippen LogP contribution in [0.1, 0.15) is 22.3 Å². The summed E-state index contributed by atoms with van der Waals surface area (Å²) < 4.78 is 2.10. The largest absolute Gasteiger partial charge is 0.333 e. The Kier molecular flexibility index (Phi) is 1.88. The van der Waals surface area contributed by atoms with Crippen LogP contribution in [0.2, 0.25) is 0 Å². The Balaban J connectivity index is 3.05. The summed E-state index contributed by atoms with van der Waals surface area (Å²) in [6, 6.07) is 0. The van der Waals surface area contributed by atoms with Gasteiger partial charge in [0.05, 0.1) is 17.4 Å². The van der Waals surface area contributed by atoms with E-state index in [2.05, 4.69) is 44.3 Å². The molecule has 1 aromatic heterocycles. The number of fused-ring (bicyclic) bond motifs is 1. The first-order valence-corrected chi connectivity index (χ1v) is 4.91. The van der Waals surface area contributed by atoms with Gasteiger partial charge in [-0.25, -0.2) is 4.98 Å². The number of aromatic nitrogens is 2. The monoisotopic (exact) mass is 188 g/mol. The van der Waals surface area contributed by atoms with Gasteiger partial charge in [-0.05, 0) is 49.9 Å². The molecule has 0 fully saturated rings. The lowest BCUT2D eigenvalue weighted by molar-refractivity contribution is 0.942. The van der Waals surface area contributed by atoms with Crippen molar-refractivity contribution in [2.24, 2.45) is 7.05 Å². The van der Waals surface area contributed by atoms with Crippen LogP contribution in [0.25, 0.3) is 11.0 Å². The van der Waals surface area contributed by atoms with E-state index in [1.54, 1.807) is 0 Å². The first kappa shape index (κ1) is 9.25. The number of nitrogens with zero attached hydrogens (tertiary/aromatic N) is 2. The van der Waals surface area contributed by atoms with Gasteiger partial charge in [0.2, 0.25) is 0 Å². The standard InChI is InChI=1S/C12H16N2/c1-7-8(2)10(4)12-11(9(7)3)13-6-14(12)5/h6H,1-5H3. The molecule has 1 aromatic carbocycles. The molecule has 2 heteroatoms. The maximum absolute atomic E-state index is 4.44. The minimum Gasteiger partial charge on any atom is -0.333 e. The zero-order chi connectivity index (χ0) is 10.5. The highest BCUT2D eigenvalue weighted by Crippen LogP contribution is 2.27. The van der Waals surface area contributed by atoms with Crippen molar-refractivity contribution in [2.75, 3.05) is 0 Å². The Bertz CT molecular complexity index is 507. The van der Waals surface area contributed by atoms with Crippen LogP contribution < -0.4 is 0 Å². The van der Waals surface area contributed by atoms with Crippen LogP contribution in [0.15, 0.2) is 6.33 Å². The molecule has 14 heavy (non-hydrogen) atoms. The molecular weight excluding hydrogens is 172 g/mol. The summed E-state index contributed by atoms with van der Waals surface area (Å²) in [5.41, 5.74) is 7.83. The van der Waals surface area contributed by atoms with Crippen molar-refractivity contribution in [3.8, 4) is 0 Å². The molecule has 0 amide bonds. The highest BCUT2D eigenvalue weighted by Gasteiger charge is 2.11. The van der Waals surface area contributed by atoms with Gasteiger partial charge < -0.3 is 4.57 Å². The van der Waals surface area contributed by atoms with E-state index in [-0.39, 0.29) is 0 Å². The zero-order valence-electron chi connectivity index (χ0n) is 9.47. The summed E-state index contributed by atoms with van der Waals surface area (Å²) >= 11 is 0. The highest BCUT2D eigenvalue weighted by atomic mass is 15.0.